The van der Waals surface area contributed by atoms with E-state index < -0.39 is 0 Å². The van der Waals surface area contributed by atoms with Crippen molar-refractivity contribution in [3.63, 3.8) is 0 Å². The largest absolute Gasteiger partial charge is 0.484 e. The van der Waals surface area contributed by atoms with Crippen LogP contribution in [0.1, 0.15) is 11.4 Å². The first-order valence-corrected chi connectivity index (χ1v) is 12.9. The van der Waals surface area contributed by atoms with Gasteiger partial charge in [-0.1, -0.05) is 52.6 Å². The number of aromatic nitrogens is 4. The average Bonchev–Trinajstić information content (AvgIpc) is 3.39. The number of rotatable bonds is 8. The number of hydrogen-bond acceptors (Lipinski definition) is 7. The lowest BCUT2D eigenvalue weighted by Crippen LogP contribution is -2.14. The second kappa shape index (κ2) is 11.0. The number of nitrogens with zero attached hydrogens (tertiary/aromatic N) is 4. The van der Waals surface area contributed by atoms with Crippen LogP contribution in [0.3, 0.4) is 0 Å². The fourth-order valence-electron chi connectivity index (χ4n) is 2.90. The predicted molar refractivity (Wildman–Crippen MR) is 138 cm³/mol. The molecule has 2 heterocycles. The molecule has 0 radical (unpaired) electrons. The van der Waals surface area contributed by atoms with E-state index in [1.807, 2.05) is 31.5 Å². The van der Waals surface area contributed by atoms with Gasteiger partial charge in [-0.15, -0.1) is 21.5 Å². The van der Waals surface area contributed by atoms with Crippen LogP contribution in [0.4, 0.5) is 5.13 Å². The lowest BCUT2D eigenvalue weighted by atomic mass is 10.2. The van der Waals surface area contributed by atoms with Gasteiger partial charge in [-0.3, -0.25) is 4.79 Å². The molecule has 7 nitrogen and oxygen atoms in total. The zero-order valence-corrected chi connectivity index (χ0v) is 21.9. The third-order valence-corrected chi connectivity index (χ3v) is 7.30. The summed E-state index contributed by atoms with van der Waals surface area (Å²) in [6, 6.07) is 10.8. The molecule has 34 heavy (non-hydrogen) atoms. The summed E-state index contributed by atoms with van der Waals surface area (Å²) in [4.78, 5) is 16.9. The second-order valence-electron chi connectivity index (χ2n) is 7.18. The summed E-state index contributed by atoms with van der Waals surface area (Å²) in [5, 5.41) is 15.6. The third-order valence-electron chi connectivity index (χ3n) is 4.66. The van der Waals surface area contributed by atoms with E-state index in [-0.39, 0.29) is 18.3 Å². The Morgan fingerprint density at radius 3 is 2.76 bits per heavy atom. The molecule has 0 saturated heterocycles. The van der Waals surface area contributed by atoms with Crippen LogP contribution >= 0.6 is 57.9 Å². The van der Waals surface area contributed by atoms with Gasteiger partial charge in [-0.25, -0.2) is 4.98 Å². The van der Waals surface area contributed by atoms with Crippen LogP contribution in [-0.4, -0.2) is 31.4 Å². The molecule has 1 N–H and O–H groups in total. The number of aryl methyl sites for hydroxylation is 1. The van der Waals surface area contributed by atoms with Crippen molar-refractivity contribution in [1.82, 2.24) is 19.7 Å². The highest BCUT2D eigenvalue weighted by Crippen LogP contribution is 2.32. The SMILES string of the molecule is Cc1ccc(Cl)c(OCc2nnc(SCC(=O)Nc3nc(-c4ccc(Cl)cc4Cl)cs3)n2C)c1. The minimum absolute atomic E-state index is 0.146. The standard InChI is InChI=1S/C22H18Cl3N5O2S2/c1-12-3-6-15(24)18(7-12)32-9-19-28-29-22(30(19)2)34-11-20(31)27-21-26-17(10-33-21)14-5-4-13(23)8-16(14)25/h3-8,10H,9,11H2,1-2H3,(H,26,27,31). The Morgan fingerprint density at radius 1 is 1.15 bits per heavy atom. The lowest BCUT2D eigenvalue weighted by Gasteiger charge is -2.09. The number of halogens is 3. The van der Waals surface area contributed by atoms with E-state index in [0.717, 1.165) is 11.1 Å². The highest BCUT2D eigenvalue weighted by Gasteiger charge is 2.15. The Labute approximate surface area is 219 Å². The van der Waals surface area contributed by atoms with Crippen molar-refractivity contribution in [2.24, 2.45) is 7.05 Å². The zero-order chi connectivity index (χ0) is 24.2. The van der Waals surface area contributed by atoms with Gasteiger partial charge in [0.2, 0.25) is 5.91 Å². The molecule has 0 aliphatic carbocycles. The number of anilines is 1. The Bertz CT molecular complexity index is 1340. The number of nitrogens with one attached hydrogen (secondary N) is 1. The molecule has 0 bridgehead atoms. The van der Waals surface area contributed by atoms with E-state index in [1.54, 1.807) is 28.8 Å². The van der Waals surface area contributed by atoms with Gasteiger partial charge in [0.05, 0.1) is 21.5 Å². The van der Waals surface area contributed by atoms with E-state index in [2.05, 4.69) is 20.5 Å². The molecule has 0 spiro atoms. The number of thioether (sulfide) groups is 1. The Hall–Kier alpha value is -2.30. The number of amides is 1. The fourth-order valence-corrected chi connectivity index (χ4v) is 5.03. The molecular weight excluding hydrogens is 537 g/mol. The number of ether oxygens (including phenoxy) is 1. The smallest absolute Gasteiger partial charge is 0.236 e. The third kappa shape index (κ3) is 6.03. The lowest BCUT2D eigenvalue weighted by molar-refractivity contribution is -0.113. The maximum atomic E-state index is 12.4. The van der Waals surface area contributed by atoms with Crippen molar-refractivity contribution in [1.29, 1.82) is 0 Å². The summed E-state index contributed by atoms with van der Waals surface area (Å²) in [5.74, 6) is 1.14. The number of carbonyl (C=O) groups excluding carboxylic acids is 1. The maximum absolute atomic E-state index is 12.4. The summed E-state index contributed by atoms with van der Waals surface area (Å²) in [5.41, 5.74) is 2.46. The van der Waals surface area contributed by atoms with Crippen LogP contribution in [0.2, 0.25) is 15.1 Å². The molecule has 2 aromatic carbocycles. The second-order valence-corrected chi connectivity index (χ2v) is 10.2. The van der Waals surface area contributed by atoms with Gasteiger partial charge in [0.15, 0.2) is 16.1 Å². The van der Waals surface area contributed by atoms with Crippen LogP contribution in [-0.2, 0) is 18.4 Å². The predicted octanol–water partition coefficient (Wildman–Crippen LogP) is 6.52. The minimum atomic E-state index is -0.208. The van der Waals surface area contributed by atoms with E-state index >= 15 is 0 Å². The fraction of sp³-hybridized carbons (Fsp3) is 0.182. The molecule has 176 valence electrons. The molecule has 2 aromatic heterocycles. The number of thiazole rings is 1. The normalized spacial score (nSPS) is 11.0. The van der Waals surface area contributed by atoms with Crippen LogP contribution < -0.4 is 10.1 Å². The van der Waals surface area contributed by atoms with E-state index in [1.165, 1.54) is 23.1 Å². The molecule has 12 heteroatoms. The number of carbonyl (C=O) groups is 1. The molecule has 0 fully saturated rings. The first-order chi connectivity index (χ1) is 16.3. The Balaban J connectivity index is 1.32. The van der Waals surface area contributed by atoms with Crippen molar-refractivity contribution >= 4 is 68.9 Å². The summed E-state index contributed by atoms with van der Waals surface area (Å²) < 4.78 is 7.57. The Kier molecular flexibility index (Phi) is 8.00. The summed E-state index contributed by atoms with van der Waals surface area (Å²) in [7, 11) is 1.82. The summed E-state index contributed by atoms with van der Waals surface area (Å²) in [6.45, 7) is 2.17. The highest BCUT2D eigenvalue weighted by molar-refractivity contribution is 7.99. The molecule has 0 aliphatic rings. The maximum Gasteiger partial charge on any atom is 0.236 e. The topological polar surface area (TPSA) is 81.9 Å². The van der Waals surface area contributed by atoms with Crippen molar-refractivity contribution in [2.45, 2.75) is 18.7 Å². The van der Waals surface area contributed by atoms with Gasteiger partial charge >= 0.3 is 0 Å². The summed E-state index contributed by atoms with van der Waals surface area (Å²) >= 11 is 21.0. The van der Waals surface area contributed by atoms with Crippen LogP contribution in [0.25, 0.3) is 11.3 Å². The van der Waals surface area contributed by atoms with Crippen LogP contribution in [0.15, 0.2) is 46.9 Å². The first kappa shape index (κ1) is 24.8. The first-order valence-electron chi connectivity index (χ1n) is 9.91. The molecule has 0 atom stereocenters. The molecule has 4 rings (SSSR count). The van der Waals surface area contributed by atoms with Crippen molar-refractivity contribution < 1.29 is 9.53 Å². The van der Waals surface area contributed by atoms with E-state index in [0.29, 0.717) is 42.6 Å². The van der Waals surface area contributed by atoms with E-state index in [4.69, 9.17) is 39.5 Å². The monoisotopic (exact) mass is 553 g/mol. The quantitative estimate of drug-likeness (QED) is 0.250. The van der Waals surface area contributed by atoms with Crippen molar-refractivity contribution in [3.05, 3.63) is 68.2 Å². The van der Waals surface area contributed by atoms with E-state index in [9.17, 15) is 4.79 Å². The molecule has 4 aromatic rings. The van der Waals surface area contributed by atoms with Gasteiger partial charge in [-0.2, -0.15) is 0 Å². The van der Waals surface area contributed by atoms with Gasteiger partial charge in [0, 0.05) is 23.0 Å². The molecule has 0 unspecified atom stereocenters. The van der Waals surface area contributed by atoms with Gasteiger partial charge in [0.25, 0.3) is 0 Å². The molecule has 0 saturated carbocycles. The van der Waals surface area contributed by atoms with Crippen LogP contribution in [0, 0.1) is 6.92 Å². The molecule has 1 amide bonds. The summed E-state index contributed by atoms with van der Waals surface area (Å²) in [6.07, 6.45) is 0. The average molecular weight is 555 g/mol. The zero-order valence-electron chi connectivity index (χ0n) is 18.0. The molecule has 0 aliphatic heterocycles. The van der Waals surface area contributed by atoms with Gasteiger partial charge in [-0.05, 0) is 42.8 Å². The highest BCUT2D eigenvalue weighted by atomic mass is 35.5. The minimum Gasteiger partial charge on any atom is -0.484 e. The van der Waals surface area contributed by atoms with Gasteiger partial charge in [0.1, 0.15) is 12.4 Å². The number of hydrogen-bond donors (Lipinski definition) is 1. The van der Waals surface area contributed by atoms with Gasteiger partial charge < -0.3 is 14.6 Å². The van der Waals surface area contributed by atoms with Crippen LogP contribution in [0.5, 0.6) is 5.75 Å². The Morgan fingerprint density at radius 2 is 1.97 bits per heavy atom. The molecular formula is C22H18Cl3N5O2S2. The number of benzene rings is 2. The van der Waals surface area contributed by atoms with Crippen molar-refractivity contribution in [3.8, 4) is 17.0 Å². The van der Waals surface area contributed by atoms with Crippen molar-refractivity contribution in [2.75, 3.05) is 11.1 Å².